The molecule has 88 valence electrons. The first kappa shape index (κ1) is 14.4. The lowest BCUT2D eigenvalue weighted by molar-refractivity contribution is 0.307. The summed E-state index contributed by atoms with van der Waals surface area (Å²) in [4.78, 5) is 2.32. The Morgan fingerprint density at radius 1 is 1.27 bits per heavy atom. The van der Waals surface area contributed by atoms with Crippen molar-refractivity contribution in [3.05, 3.63) is 0 Å². The van der Waals surface area contributed by atoms with Crippen LogP contribution in [0.3, 0.4) is 0 Å². The number of nitrogens with two attached hydrogens (primary N) is 1. The molecule has 0 heterocycles. The third-order valence-corrected chi connectivity index (χ3v) is 2.91. The van der Waals surface area contributed by atoms with Crippen LogP contribution in [0.15, 0.2) is 0 Å². The summed E-state index contributed by atoms with van der Waals surface area (Å²) in [5.74, 6) is 0. The first-order valence-corrected chi connectivity index (χ1v) is 5.96. The molecule has 0 rings (SSSR count). The number of nitrogens with zero attached hydrogens (tertiary/aromatic N) is 2. The van der Waals surface area contributed by atoms with Crippen LogP contribution in [-0.2, 0) is 0 Å². The summed E-state index contributed by atoms with van der Waals surface area (Å²) in [7, 11) is 2.13. The van der Waals surface area contributed by atoms with E-state index in [9.17, 15) is 0 Å². The molecule has 0 aliphatic heterocycles. The lowest BCUT2D eigenvalue weighted by atomic mass is 9.93. The molecule has 1 atom stereocenters. The van der Waals surface area contributed by atoms with Crippen LogP contribution in [0.2, 0.25) is 0 Å². The number of hydrogen-bond acceptors (Lipinski definition) is 3. The lowest BCUT2D eigenvalue weighted by Gasteiger charge is -2.21. The Kier molecular flexibility index (Phi) is 7.37. The van der Waals surface area contributed by atoms with Gasteiger partial charge in [0.15, 0.2) is 0 Å². The molecule has 15 heavy (non-hydrogen) atoms. The Labute approximate surface area is 94.2 Å². The van der Waals surface area contributed by atoms with E-state index in [0.717, 1.165) is 32.4 Å². The van der Waals surface area contributed by atoms with E-state index in [1.165, 1.54) is 12.8 Å². The third-order valence-electron chi connectivity index (χ3n) is 2.91. The highest BCUT2D eigenvalue weighted by atomic mass is 15.1. The zero-order chi connectivity index (χ0) is 11.7. The Hall–Kier alpha value is -0.590. The fourth-order valence-electron chi connectivity index (χ4n) is 1.52. The molecule has 3 nitrogen and oxygen atoms in total. The maximum Gasteiger partial charge on any atom is 0.104 e. The second-order valence-electron chi connectivity index (χ2n) is 4.38. The highest BCUT2D eigenvalue weighted by Gasteiger charge is 2.21. The van der Waals surface area contributed by atoms with Gasteiger partial charge in [-0.15, -0.1) is 0 Å². The van der Waals surface area contributed by atoms with Crippen LogP contribution in [0.25, 0.3) is 0 Å². The van der Waals surface area contributed by atoms with Gasteiger partial charge < -0.3 is 10.6 Å². The predicted molar refractivity (Wildman–Crippen MR) is 64.5 cm³/mol. The van der Waals surface area contributed by atoms with Crippen LogP contribution >= 0.6 is 0 Å². The highest BCUT2D eigenvalue weighted by Crippen LogP contribution is 2.13. The van der Waals surface area contributed by atoms with Gasteiger partial charge in [0.1, 0.15) is 5.54 Å². The molecule has 0 amide bonds. The molecule has 0 aliphatic rings. The summed E-state index contributed by atoms with van der Waals surface area (Å²) in [5, 5.41) is 8.90. The van der Waals surface area contributed by atoms with E-state index in [1.54, 1.807) is 0 Å². The molecule has 0 fully saturated rings. The zero-order valence-corrected chi connectivity index (χ0v) is 10.4. The predicted octanol–water partition coefficient (Wildman–Crippen LogP) is 2.13. The molecule has 3 heteroatoms. The van der Waals surface area contributed by atoms with E-state index in [-0.39, 0.29) is 0 Å². The monoisotopic (exact) mass is 211 g/mol. The molecule has 0 aromatic carbocycles. The van der Waals surface area contributed by atoms with Crippen molar-refractivity contribution in [1.29, 1.82) is 5.26 Å². The van der Waals surface area contributed by atoms with Gasteiger partial charge in [0.2, 0.25) is 0 Å². The van der Waals surface area contributed by atoms with Gasteiger partial charge in [-0.1, -0.05) is 20.3 Å². The second-order valence-corrected chi connectivity index (χ2v) is 4.38. The standard InChI is InChI=1S/C12H25N3/c1-4-6-9-15(3)10-7-8-12(14,5-2)11-13/h4-10,14H2,1-3H3. The minimum atomic E-state index is -0.606. The Bertz CT molecular complexity index is 198. The van der Waals surface area contributed by atoms with Crippen molar-refractivity contribution in [2.24, 2.45) is 5.73 Å². The molecule has 0 bridgehead atoms. The van der Waals surface area contributed by atoms with Gasteiger partial charge in [-0.25, -0.2) is 0 Å². The van der Waals surface area contributed by atoms with Gasteiger partial charge in [0.25, 0.3) is 0 Å². The van der Waals surface area contributed by atoms with E-state index < -0.39 is 5.54 Å². The first-order valence-electron chi connectivity index (χ1n) is 5.96. The van der Waals surface area contributed by atoms with Crippen LogP contribution in [0.1, 0.15) is 46.0 Å². The quantitative estimate of drug-likeness (QED) is 0.669. The van der Waals surface area contributed by atoms with Crippen LogP contribution < -0.4 is 5.73 Å². The number of unbranched alkanes of at least 4 members (excludes halogenated alkanes) is 1. The molecule has 0 aromatic heterocycles. The summed E-state index contributed by atoms with van der Waals surface area (Å²) in [5.41, 5.74) is 5.30. The molecule has 0 saturated carbocycles. The fraction of sp³-hybridized carbons (Fsp3) is 0.917. The van der Waals surface area contributed by atoms with E-state index in [0.29, 0.717) is 0 Å². The van der Waals surface area contributed by atoms with Crippen LogP contribution in [-0.4, -0.2) is 30.6 Å². The van der Waals surface area contributed by atoms with Crippen molar-refractivity contribution >= 4 is 0 Å². The second kappa shape index (κ2) is 7.67. The third kappa shape index (κ3) is 6.48. The summed E-state index contributed by atoms with van der Waals surface area (Å²) in [6.45, 7) is 6.36. The van der Waals surface area contributed by atoms with Crippen molar-refractivity contribution in [3.8, 4) is 6.07 Å². The van der Waals surface area contributed by atoms with Gasteiger partial charge in [-0.05, 0) is 45.8 Å². The summed E-state index contributed by atoms with van der Waals surface area (Å²) < 4.78 is 0. The van der Waals surface area contributed by atoms with Crippen molar-refractivity contribution in [1.82, 2.24) is 4.90 Å². The van der Waals surface area contributed by atoms with Gasteiger partial charge in [-0.3, -0.25) is 0 Å². The van der Waals surface area contributed by atoms with Crippen molar-refractivity contribution in [3.63, 3.8) is 0 Å². The van der Waals surface area contributed by atoms with Gasteiger partial charge >= 0.3 is 0 Å². The maximum atomic E-state index is 8.90. The van der Waals surface area contributed by atoms with Crippen LogP contribution in [0.4, 0.5) is 0 Å². The van der Waals surface area contributed by atoms with Crippen LogP contribution in [0.5, 0.6) is 0 Å². The number of hydrogen-bond donors (Lipinski definition) is 1. The summed E-state index contributed by atoms with van der Waals surface area (Å²) in [6, 6.07) is 2.20. The Balaban J connectivity index is 3.65. The van der Waals surface area contributed by atoms with E-state index in [4.69, 9.17) is 11.0 Å². The lowest BCUT2D eigenvalue weighted by Crippen LogP contribution is -2.38. The van der Waals surface area contributed by atoms with Crippen molar-refractivity contribution in [2.75, 3.05) is 20.1 Å². The smallest absolute Gasteiger partial charge is 0.104 e. The Morgan fingerprint density at radius 2 is 1.87 bits per heavy atom. The molecule has 0 radical (unpaired) electrons. The topological polar surface area (TPSA) is 53.0 Å². The molecule has 0 spiro atoms. The zero-order valence-electron chi connectivity index (χ0n) is 10.4. The van der Waals surface area contributed by atoms with Gasteiger partial charge in [0, 0.05) is 0 Å². The average Bonchev–Trinajstić information content (AvgIpc) is 2.26. The maximum absolute atomic E-state index is 8.90. The van der Waals surface area contributed by atoms with E-state index in [2.05, 4.69) is 24.9 Å². The normalized spacial score (nSPS) is 14.9. The molecule has 2 N–H and O–H groups in total. The Morgan fingerprint density at radius 3 is 2.33 bits per heavy atom. The van der Waals surface area contributed by atoms with Crippen LogP contribution in [0, 0.1) is 11.3 Å². The first-order chi connectivity index (χ1) is 7.08. The van der Waals surface area contributed by atoms with Gasteiger partial charge in [-0.2, -0.15) is 5.26 Å². The SMILES string of the molecule is CCCCN(C)CCCC(N)(C#N)CC. The fourth-order valence-corrected chi connectivity index (χ4v) is 1.52. The van der Waals surface area contributed by atoms with Gasteiger partial charge in [0.05, 0.1) is 6.07 Å². The summed E-state index contributed by atoms with van der Waals surface area (Å²) >= 11 is 0. The average molecular weight is 211 g/mol. The molecular weight excluding hydrogens is 186 g/mol. The van der Waals surface area contributed by atoms with E-state index >= 15 is 0 Å². The molecule has 0 aromatic rings. The molecule has 1 unspecified atom stereocenters. The number of rotatable bonds is 8. The minimum absolute atomic E-state index is 0.606. The van der Waals surface area contributed by atoms with Crippen molar-refractivity contribution in [2.45, 2.75) is 51.5 Å². The number of nitriles is 1. The molecule has 0 saturated heterocycles. The largest absolute Gasteiger partial charge is 0.313 e. The van der Waals surface area contributed by atoms with Crippen molar-refractivity contribution < 1.29 is 0 Å². The van der Waals surface area contributed by atoms with E-state index in [1.807, 2.05) is 6.92 Å². The summed E-state index contributed by atoms with van der Waals surface area (Å²) in [6.07, 6.45) is 5.03. The molecular formula is C12H25N3. The minimum Gasteiger partial charge on any atom is -0.313 e. The highest BCUT2D eigenvalue weighted by molar-refractivity contribution is 5.03. The molecule has 0 aliphatic carbocycles.